The van der Waals surface area contributed by atoms with Gasteiger partial charge in [-0.25, -0.2) is 4.79 Å². The van der Waals surface area contributed by atoms with Crippen molar-refractivity contribution in [2.75, 3.05) is 0 Å². The zero-order valence-corrected chi connectivity index (χ0v) is 11.4. The molecular formula is C15H18N2O2. The van der Waals surface area contributed by atoms with Crippen molar-refractivity contribution >= 4 is 5.97 Å². The van der Waals surface area contributed by atoms with E-state index in [0.717, 1.165) is 17.7 Å². The van der Waals surface area contributed by atoms with Crippen LogP contribution >= 0.6 is 0 Å². The molecule has 0 amide bonds. The van der Waals surface area contributed by atoms with E-state index in [1.54, 1.807) is 17.8 Å². The highest BCUT2D eigenvalue weighted by Gasteiger charge is 2.12. The van der Waals surface area contributed by atoms with Crippen molar-refractivity contribution in [2.45, 2.75) is 20.3 Å². The largest absolute Gasteiger partial charge is 0.476 e. The maximum atomic E-state index is 10.9. The molecule has 0 fully saturated rings. The van der Waals surface area contributed by atoms with Gasteiger partial charge < -0.3 is 5.11 Å². The molecule has 1 heterocycles. The zero-order valence-electron chi connectivity index (χ0n) is 11.4. The summed E-state index contributed by atoms with van der Waals surface area (Å²) in [6, 6.07) is 9.80. The minimum absolute atomic E-state index is 0.0729. The van der Waals surface area contributed by atoms with Crippen LogP contribution < -0.4 is 0 Å². The summed E-state index contributed by atoms with van der Waals surface area (Å²) in [5.41, 5.74) is 3.16. The Morgan fingerprint density at radius 3 is 2.42 bits per heavy atom. The number of aryl methyl sites for hydroxylation is 1. The fraction of sp³-hybridized carbons (Fsp3) is 0.333. The molecule has 0 spiro atoms. The summed E-state index contributed by atoms with van der Waals surface area (Å²) in [5, 5.41) is 12.9. The van der Waals surface area contributed by atoms with Gasteiger partial charge in [0.05, 0.1) is 5.69 Å². The Balaban J connectivity index is 2.29. The molecule has 0 saturated carbocycles. The smallest absolute Gasteiger partial charge is 0.356 e. The number of aromatic nitrogens is 2. The van der Waals surface area contributed by atoms with E-state index in [2.05, 4.69) is 31.1 Å². The van der Waals surface area contributed by atoms with Gasteiger partial charge in [0, 0.05) is 7.05 Å². The lowest BCUT2D eigenvalue weighted by Crippen LogP contribution is -1.99. The van der Waals surface area contributed by atoms with E-state index in [9.17, 15) is 4.79 Å². The molecule has 4 nitrogen and oxygen atoms in total. The summed E-state index contributed by atoms with van der Waals surface area (Å²) in [7, 11) is 1.75. The molecule has 0 radical (unpaired) electrons. The number of rotatable bonds is 4. The minimum atomic E-state index is -1.00. The van der Waals surface area contributed by atoms with Crippen molar-refractivity contribution in [3.05, 3.63) is 41.6 Å². The molecule has 2 aromatic rings. The molecule has 4 heteroatoms. The van der Waals surface area contributed by atoms with Crippen molar-refractivity contribution in [1.82, 2.24) is 9.78 Å². The van der Waals surface area contributed by atoms with Gasteiger partial charge in [0.25, 0.3) is 0 Å². The highest BCUT2D eigenvalue weighted by Crippen LogP contribution is 2.21. The van der Waals surface area contributed by atoms with Gasteiger partial charge in [0.1, 0.15) is 0 Å². The van der Waals surface area contributed by atoms with Gasteiger partial charge >= 0.3 is 5.97 Å². The van der Waals surface area contributed by atoms with Crippen LogP contribution in [-0.4, -0.2) is 20.9 Å². The third-order valence-corrected chi connectivity index (χ3v) is 2.99. The van der Waals surface area contributed by atoms with Crippen LogP contribution in [0.4, 0.5) is 0 Å². The average molecular weight is 258 g/mol. The molecule has 0 bridgehead atoms. The fourth-order valence-corrected chi connectivity index (χ4v) is 2.12. The van der Waals surface area contributed by atoms with Crippen molar-refractivity contribution < 1.29 is 9.90 Å². The van der Waals surface area contributed by atoms with Crippen molar-refractivity contribution in [1.29, 1.82) is 0 Å². The predicted molar refractivity (Wildman–Crippen MR) is 74.1 cm³/mol. The van der Waals surface area contributed by atoms with E-state index in [4.69, 9.17) is 5.11 Å². The van der Waals surface area contributed by atoms with Crippen molar-refractivity contribution in [2.24, 2.45) is 13.0 Å². The normalized spacial score (nSPS) is 10.9. The average Bonchev–Trinajstić information content (AvgIpc) is 2.72. The maximum Gasteiger partial charge on any atom is 0.356 e. The molecule has 0 saturated heterocycles. The van der Waals surface area contributed by atoms with Crippen LogP contribution in [0.15, 0.2) is 30.3 Å². The quantitative estimate of drug-likeness (QED) is 0.917. The number of carboxylic acid groups (broad SMARTS) is 1. The lowest BCUT2D eigenvalue weighted by molar-refractivity contribution is 0.0689. The molecule has 0 atom stereocenters. The van der Waals surface area contributed by atoms with E-state index in [0.29, 0.717) is 5.92 Å². The molecule has 1 N–H and O–H groups in total. The van der Waals surface area contributed by atoms with Crippen LogP contribution in [0.25, 0.3) is 11.3 Å². The number of benzene rings is 1. The van der Waals surface area contributed by atoms with Crippen LogP contribution in [0.2, 0.25) is 0 Å². The summed E-state index contributed by atoms with van der Waals surface area (Å²) in [5.74, 6) is -0.376. The molecule has 1 aromatic heterocycles. The standard InChI is InChI=1S/C15H18N2O2/c1-10(2)8-11-4-6-12(7-5-11)14-9-13(15(18)19)16-17(14)3/h4-7,9-10H,8H2,1-3H3,(H,18,19). The second-order valence-corrected chi connectivity index (χ2v) is 5.14. The van der Waals surface area contributed by atoms with Crippen LogP contribution in [0, 0.1) is 5.92 Å². The van der Waals surface area contributed by atoms with E-state index >= 15 is 0 Å². The first-order valence-electron chi connectivity index (χ1n) is 6.34. The van der Waals surface area contributed by atoms with E-state index in [-0.39, 0.29) is 5.69 Å². The first-order valence-corrected chi connectivity index (χ1v) is 6.34. The van der Waals surface area contributed by atoms with Gasteiger partial charge in [-0.15, -0.1) is 0 Å². The maximum absolute atomic E-state index is 10.9. The predicted octanol–water partition coefficient (Wildman–Crippen LogP) is 2.98. The van der Waals surface area contributed by atoms with Gasteiger partial charge in [-0.3, -0.25) is 4.68 Å². The van der Waals surface area contributed by atoms with Crippen LogP contribution in [0.1, 0.15) is 29.9 Å². The van der Waals surface area contributed by atoms with Crippen LogP contribution in [0.5, 0.6) is 0 Å². The minimum Gasteiger partial charge on any atom is -0.476 e. The lowest BCUT2D eigenvalue weighted by atomic mass is 10.0. The molecule has 2 rings (SSSR count). The Bertz CT molecular complexity index is 583. The molecule has 0 aliphatic heterocycles. The van der Waals surface area contributed by atoms with Crippen LogP contribution in [-0.2, 0) is 13.5 Å². The zero-order chi connectivity index (χ0) is 14.0. The van der Waals surface area contributed by atoms with Gasteiger partial charge in [0.2, 0.25) is 0 Å². The second-order valence-electron chi connectivity index (χ2n) is 5.14. The van der Waals surface area contributed by atoms with Gasteiger partial charge in [-0.05, 0) is 29.5 Å². The van der Waals surface area contributed by atoms with E-state index < -0.39 is 5.97 Å². The van der Waals surface area contributed by atoms with Gasteiger partial charge in [-0.2, -0.15) is 5.10 Å². The van der Waals surface area contributed by atoms with Crippen LogP contribution in [0.3, 0.4) is 0 Å². The number of carboxylic acids is 1. The summed E-state index contributed by atoms with van der Waals surface area (Å²) in [4.78, 5) is 10.9. The van der Waals surface area contributed by atoms with Crippen molar-refractivity contribution in [3.8, 4) is 11.3 Å². The van der Waals surface area contributed by atoms with Gasteiger partial charge in [-0.1, -0.05) is 38.1 Å². The fourth-order valence-electron chi connectivity index (χ4n) is 2.12. The highest BCUT2D eigenvalue weighted by molar-refractivity contribution is 5.87. The first kappa shape index (κ1) is 13.3. The highest BCUT2D eigenvalue weighted by atomic mass is 16.4. The Kier molecular flexibility index (Phi) is 3.69. The summed E-state index contributed by atoms with van der Waals surface area (Å²) < 4.78 is 1.60. The number of nitrogens with zero attached hydrogens (tertiary/aromatic N) is 2. The topological polar surface area (TPSA) is 55.1 Å². The number of carbonyl (C=O) groups is 1. The molecule has 0 unspecified atom stereocenters. The van der Waals surface area contributed by atoms with E-state index in [1.165, 1.54) is 5.56 Å². The molecule has 100 valence electrons. The van der Waals surface area contributed by atoms with Gasteiger partial charge in [0.15, 0.2) is 5.69 Å². The third kappa shape index (κ3) is 3.02. The molecular weight excluding hydrogens is 240 g/mol. The Morgan fingerprint density at radius 2 is 1.95 bits per heavy atom. The molecule has 0 aliphatic rings. The van der Waals surface area contributed by atoms with Crippen molar-refractivity contribution in [3.63, 3.8) is 0 Å². The first-order chi connectivity index (χ1) is 8.97. The summed E-state index contributed by atoms with van der Waals surface area (Å²) >= 11 is 0. The number of aromatic carboxylic acids is 1. The molecule has 1 aromatic carbocycles. The summed E-state index contributed by atoms with van der Waals surface area (Å²) in [6.45, 7) is 4.38. The third-order valence-electron chi connectivity index (χ3n) is 2.99. The summed E-state index contributed by atoms with van der Waals surface area (Å²) in [6.07, 6.45) is 1.05. The second kappa shape index (κ2) is 5.26. The number of hydrogen-bond acceptors (Lipinski definition) is 2. The Morgan fingerprint density at radius 1 is 1.32 bits per heavy atom. The monoisotopic (exact) mass is 258 g/mol. The lowest BCUT2D eigenvalue weighted by Gasteiger charge is -2.06. The van der Waals surface area contributed by atoms with E-state index in [1.807, 2.05) is 12.1 Å². The SMILES string of the molecule is CC(C)Cc1ccc(-c2cc(C(=O)O)nn2C)cc1. The molecule has 19 heavy (non-hydrogen) atoms. The Labute approximate surface area is 112 Å². The number of hydrogen-bond donors (Lipinski definition) is 1. The Hall–Kier alpha value is -2.10. The molecule has 0 aliphatic carbocycles.